The third-order valence-electron chi connectivity index (χ3n) is 3.52. The van der Waals surface area contributed by atoms with Crippen LogP contribution in [0, 0.1) is 0 Å². The summed E-state index contributed by atoms with van der Waals surface area (Å²) in [6.07, 6.45) is 2.67. The van der Waals surface area contributed by atoms with E-state index >= 15 is 0 Å². The molecule has 130 valence electrons. The number of hydrogen-bond acceptors (Lipinski definition) is 4. The SMILES string of the molecule is COc1ccccc1-c1cccc(NC(=O)[C@@H](N)CCSC)c1.Cl. The van der Waals surface area contributed by atoms with Gasteiger partial charge in [0, 0.05) is 11.3 Å². The number of nitrogens with one attached hydrogen (secondary N) is 1. The van der Waals surface area contributed by atoms with E-state index < -0.39 is 6.04 Å². The van der Waals surface area contributed by atoms with Crippen LogP contribution in [0.25, 0.3) is 11.1 Å². The van der Waals surface area contributed by atoms with Gasteiger partial charge in [-0.25, -0.2) is 0 Å². The standard InChI is InChI=1S/C18H22N2O2S.ClH/c1-22-17-9-4-3-8-15(17)13-6-5-7-14(12-13)20-18(21)16(19)10-11-23-2;/h3-9,12,16H,10-11,19H2,1-2H3,(H,20,21);1H/t16-;/m0./s1. The number of benzene rings is 2. The van der Waals surface area contributed by atoms with E-state index in [4.69, 9.17) is 10.5 Å². The lowest BCUT2D eigenvalue weighted by atomic mass is 10.0. The summed E-state index contributed by atoms with van der Waals surface area (Å²) in [5.41, 5.74) is 8.60. The number of hydrogen-bond donors (Lipinski definition) is 2. The van der Waals surface area contributed by atoms with Gasteiger partial charge in [-0.1, -0.05) is 30.3 Å². The fourth-order valence-electron chi connectivity index (χ4n) is 2.26. The molecule has 1 atom stereocenters. The van der Waals surface area contributed by atoms with Gasteiger partial charge in [0.15, 0.2) is 0 Å². The zero-order valence-electron chi connectivity index (χ0n) is 13.8. The van der Waals surface area contributed by atoms with Gasteiger partial charge in [0.1, 0.15) is 5.75 Å². The zero-order valence-corrected chi connectivity index (χ0v) is 15.5. The van der Waals surface area contributed by atoms with Gasteiger partial charge in [-0.05, 0) is 42.2 Å². The average Bonchev–Trinajstić information content (AvgIpc) is 2.59. The first-order valence-corrected chi connectivity index (χ1v) is 8.84. The second-order valence-electron chi connectivity index (χ2n) is 5.16. The molecule has 2 rings (SSSR count). The second-order valence-corrected chi connectivity index (χ2v) is 6.14. The minimum Gasteiger partial charge on any atom is -0.496 e. The quantitative estimate of drug-likeness (QED) is 0.782. The predicted octanol–water partition coefficient (Wildman–Crippen LogP) is 3.80. The minimum absolute atomic E-state index is 0. The smallest absolute Gasteiger partial charge is 0.241 e. The van der Waals surface area contributed by atoms with Gasteiger partial charge < -0.3 is 15.8 Å². The van der Waals surface area contributed by atoms with Crippen molar-refractivity contribution >= 4 is 35.8 Å². The van der Waals surface area contributed by atoms with Gasteiger partial charge in [-0.15, -0.1) is 12.4 Å². The van der Waals surface area contributed by atoms with Crippen molar-refractivity contribution < 1.29 is 9.53 Å². The molecule has 0 aromatic heterocycles. The van der Waals surface area contributed by atoms with Crippen LogP contribution in [-0.4, -0.2) is 31.1 Å². The molecule has 0 radical (unpaired) electrons. The Labute approximate surface area is 153 Å². The summed E-state index contributed by atoms with van der Waals surface area (Å²) >= 11 is 1.68. The highest BCUT2D eigenvalue weighted by Gasteiger charge is 2.13. The lowest BCUT2D eigenvalue weighted by molar-refractivity contribution is -0.117. The topological polar surface area (TPSA) is 64.3 Å². The summed E-state index contributed by atoms with van der Waals surface area (Å²) in [6.45, 7) is 0. The molecule has 4 nitrogen and oxygen atoms in total. The Morgan fingerprint density at radius 3 is 2.71 bits per heavy atom. The average molecular weight is 367 g/mol. The Balaban J connectivity index is 0.00000288. The molecule has 0 saturated heterocycles. The fourth-order valence-corrected chi connectivity index (χ4v) is 2.75. The number of amides is 1. The number of carbonyl (C=O) groups is 1. The van der Waals surface area contributed by atoms with Crippen molar-refractivity contribution in [1.29, 1.82) is 0 Å². The molecule has 1 amide bonds. The maximum atomic E-state index is 12.1. The summed E-state index contributed by atoms with van der Waals surface area (Å²) in [6, 6.07) is 15.0. The van der Waals surface area contributed by atoms with Crippen molar-refractivity contribution in [2.24, 2.45) is 5.73 Å². The van der Waals surface area contributed by atoms with Gasteiger partial charge in [-0.3, -0.25) is 4.79 Å². The molecule has 0 aliphatic carbocycles. The zero-order chi connectivity index (χ0) is 16.7. The summed E-state index contributed by atoms with van der Waals surface area (Å²) in [4.78, 5) is 12.1. The lowest BCUT2D eigenvalue weighted by Gasteiger charge is -2.13. The van der Waals surface area contributed by atoms with Crippen molar-refractivity contribution in [2.75, 3.05) is 24.4 Å². The molecule has 6 heteroatoms. The summed E-state index contributed by atoms with van der Waals surface area (Å²) in [5.74, 6) is 1.51. The molecule has 0 unspecified atom stereocenters. The van der Waals surface area contributed by atoms with Gasteiger partial charge in [0.2, 0.25) is 5.91 Å². The lowest BCUT2D eigenvalue weighted by Crippen LogP contribution is -2.36. The number of carbonyl (C=O) groups excluding carboxylic acids is 1. The molecule has 3 N–H and O–H groups in total. The van der Waals surface area contributed by atoms with Gasteiger partial charge >= 0.3 is 0 Å². The third-order valence-corrected chi connectivity index (χ3v) is 4.16. The molecular formula is C18H23ClN2O2S. The van der Waals surface area contributed by atoms with Crippen LogP contribution in [0.15, 0.2) is 48.5 Å². The van der Waals surface area contributed by atoms with Crippen LogP contribution in [-0.2, 0) is 4.79 Å². The Bertz CT molecular complexity index is 667. The van der Waals surface area contributed by atoms with Crippen molar-refractivity contribution in [3.63, 3.8) is 0 Å². The number of rotatable bonds is 7. The van der Waals surface area contributed by atoms with E-state index in [1.165, 1.54) is 0 Å². The Hall–Kier alpha value is -1.69. The van der Waals surface area contributed by atoms with Gasteiger partial charge in [-0.2, -0.15) is 11.8 Å². The summed E-state index contributed by atoms with van der Waals surface area (Å²) in [5, 5.41) is 2.88. The maximum Gasteiger partial charge on any atom is 0.241 e. The first kappa shape index (κ1) is 20.4. The number of para-hydroxylation sites is 1. The molecule has 0 fully saturated rings. The normalized spacial score (nSPS) is 11.3. The summed E-state index contributed by atoms with van der Waals surface area (Å²) in [7, 11) is 1.65. The first-order valence-electron chi connectivity index (χ1n) is 7.44. The van der Waals surface area contributed by atoms with Crippen LogP contribution in [0.1, 0.15) is 6.42 Å². The maximum absolute atomic E-state index is 12.1. The number of thioether (sulfide) groups is 1. The van der Waals surface area contributed by atoms with E-state index in [0.717, 1.165) is 28.3 Å². The van der Waals surface area contributed by atoms with E-state index in [2.05, 4.69) is 5.32 Å². The minimum atomic E-state index is -0.489. The van der Waals surface area contributed by atoms with Crippen LogP contribution >= 0.6 is 24.2 Å². The molecule has 0 aliphatic heterocycles. The molecule has 24 heavy (non-hydrogen) atoms. The first-order chi connectivity index (χ1) is 11.2. The Morgan fingerprint density at radius 1 is 1.25 bits per heavy atom. The highest BCUT2D eigenvalue weighted by Crippen LogP contribution is 2.30. The van der Waals surface area contributed by atoms with E-state index in [9.17, 15) is 4.79 Å². The van der Waals surface area contributed by atoms with Gasteiger partial charge in [0.25, 0.3) is 0 Å². The largest absolute Gasteiger partial charge is 0.496 e. The van der Waals surface area contributed by atoms with Crippen LogP contribution in [0.3, 0.4) is 0 Å². The molecular weight excluding hydrogens is 344 g/mol. The highest BCUT2D eigenvalue weighted by molar-refractivity contribution is 7.98. The Morgan fingerprint density at radius 2 is 2.00 bits per heavy atom. The van der Waals surface area contributed by atoms with E-state index in [0.29, 0.717) is 6.42 Å². The summed E-state index contributed by atoms with van der Waals surface area (Å²) < 4.78 is 5.39. The predicted molar refractivity (Wildman–Crippen MR) is 105 cm³/mol. The molecule has 0 spiro atoms. The molecule has 2 aromatic rings. The molecule has 0 heterocycles. The Kier molecular flexibility index (Phi) is 8.68. The fraction of sp³-hybridized carbons (Fsp3) is 0.278. The number of nitrogens with two attached hydrogens (primary N) is 1. The monoisotopic (exact) mass is 366 g/mol. The molecule has 0 bridgehead atoms. The van der Waals surface area contributed by atoms with Crippen LogP contribution < -0.4 is 15.8 Å². The number of halogens is 1. The number of anilines is 1. The molecule has 0 aliphatic rings. The van der Waals surface area contributed by atoms with Crippen molar-refractivity contribution in [3.05, 3.63) is 48.5 Å². The molecule has 0 saturated carbocycles. The second kappa shape index (κ2) is 10.2. The third kappa shape index (κ3) is 5.44. The van der Waals surface area contributed by atoms with Gasteiger partial charge in [0.05, 0.1) is 13.2 Å². The highest BCUT2D eigenvalue weighted by atomic mass is 35.5. The van der Waals surface area contributed by atoms with Crippen molar-refractivity contribution in [3.8, 4) is 16.9 Å². The van der Waals surface area contributed by atoms with E-state index in [1.54, 1.807) is 18.9 Å². The number of methoxy groups -OCH3 is 1. The van der Waals surface area contributed by atoms with Crippen LogP contribution in [0.5, 0.6) is 5.75 Å². The van der Waals surface area contributed by atoms with E-state index in [-0.39, 0.29) is 18.3 Å². The number of ether oxygens (including phenoxy) is 1. The van der Waals surface area contributed by atoms with Crippen LogP contribution in [0.4, 0.5) is 5.69 Å². The van der Waals surface area contributed by atoms with E-state index in [1.807, 2.05) is 54.8 Å². The van der Waals surface area contributed by atoms with Crippen LogP contribution in [0.2, 0.25) is 0 Å². The van der Waals surface area contributed by atoms with Crippen molar-refractivity contribution in [2.45, 2.75) is 12.5 Å². The van der Waals surface area contributed by atoms with Crippen molar-refractivity contribution in [1.82, 2.24) is 0 Å². The molecule has 2 aromatic carbocycles.